The number of benzene rings is 7. The number of anilines is 5. The fourth-order valence-electron chi connectivity index (χ4n) is 10.5. The van der Waals surface area contributed by atoms with Gasteiger partial charge in [-0.25, -0.2) is 14.1 Å². The van der Waals surface area contributed by atoms with Crippen LogP contribution in [0.4, 0.5) is 28.6 Å². The fraction of sp³-hybridized carbons (Fsp3) is 0.175. The summed E-state index contributed by atoms with van der Waals surface area (Å²) in [6, 6.07) is 67.6. The van der Waals surface area contributed by atoms with Crippen LogP contribution < -0.4 is 9.80 Å². The Bertz CT molecular complexity index is 3280. The average Bonchev–Trinajstić information content (AvgIpc) is 3.93. The number of fused-ring (bicyclic) bond motifs is 4. The van der Waals surface area contributed by atoms with Crippen molar-refractivity contribution in [3.63, 3.8) is 0 Å². The van der Waals surface area contributed by atoms with Crippen molar-refractivity contribution in [3.05, 3.63) is 229 Å². The van der Waals surface area contributed by atoms with Gasteiger partial charge in [0.2, 0.25) is 0 Å². The molecule has 7 aromatic carbocycles. The molecule has 3 heterocycles. The smallest absolute Gasteiger partial charge is 0.188 e. The number of rotatable bonds is 11. The van der Waals surface area contributed by atoms with Crippen LogP contribution in [0.25, 0.3) is 50.1 Å². The molecule has 0 spiro atoms. The van der Waals surface area contributed by atoms with Crippen LogP contribution >= 0.6 is 0 Å². The SMILES string of the molecule is CC(C)c1cccc(C(C)C)c1-c1ccnc(N2c3[c-]c(N(c4[c-]c(-n5[cH+]n(C(C)C)c6ccccc65)ccc4)c4c(-c5ccccc5)cccc4-c4ccccc4)ccc3C3C=CC=CC32)c1.[Pt]. The Labute approximate surface area is 422 Å². The molecule has 0 saturated heterocycles. The minimum Gasteiger partial charge on any atom is -0.357 e. The maximum atomic E-state index is 5.19. The van der Waals surface area contributed by atoms with Crippen LogP contribution in [0.1, 0.15) is 82.0 Å². The van der Waals surface area contributed by atoms with Crippen LogP contribution in [0.5, 0.6) is 0 Å². The van der Waals surface area contributed by atoms with Gasteiger partial charge in [-0.05, 0) is 89.2 Å². The van der Waals surface area contributed by atoms with Gasteiger partial charge in [-0.15, -0.1) is 29.8 Å². The summed E-state index contributed by atoms with van der Waals surface area (Å²) in [4.78, 5) is 10.0. The third kappa shape index (κ3) is 8.27. The Morgan fingerprint density at radius 3 is 1.86 bits per heavy atom. The number of hydrogen-bond acceptors (Lipinski definition) is 3. The maximum Gasteiger partial charge on any atom is 0.188 e. The Kier molecular flexibility index (Phi) is 12.7. The van der Waals surface area contributed by atoms with Crippen LogP contribution in [0, 0.1) is 12.1 Å². The Morgan fingerprint density at radius 2 is 1.19 bits per heavy atom. The molecule has 0 saturated carbocycles. The van der Waals surface area contributed by atoms with Crippen molar-refractivity contribution < 1.29 is 21.1 Å². The molecule has 1 aliphatic heterocycles. The van der Waals surface area contributed by atoms with Gasteiger partial charge in [0.05, 0.1) is 17.8 Å². The van der Waals surface area contributed by atoms with E-state index in [1.165, 1.54) is 33.3 Å². The quantitative estimate of drug-likeness (QED) is 0.121. The van der Waals surface area contributed by atoms with Gasteiger partial charge < -0.3 is 9.80 Å². The molecule has 2 atom stereocenters. The normalized spacial score (nSPS) is 14.9. The second kappa shape index (κ2) is 19.1. The van der Waals surface area contributed by atoms with Gasteiger partial charge in [0.1, 0.15) is 5.82 Å². The van der Waals surface area contributed by atoms with Crippen LogP contribution in [0.15, 0.2) is 201 Å². The minimum atomic E-state index is 0. The summed E-state index contributed by atoms with van der Waals surface area (Å²) in [5, 5.41) is 0. The van der Waals surface area contributed by atoms with Crippen molar-refractivity contribution in [2.24, 2.45) is 0 Å². The number of pyridine rings is 1. The molecule has 69 heavy (non-hydrogen) atoms. The fourth-order valence-corrected chi connectivity index (χ4v) is 10.5. The first-order valence-electron chi connectivity index (χ1n) is 24.1. The number of hydrogen-bond donors (Lipinski definition) is 0. The molecule has 6 heteroatoms. The van der Waals surface area contributed by atoms with Gasteiger partial charge in [-0.1, -0.05) is 172 Å². The first kappa shape index (κ1) is 45.7. The van der Waals surface area contributed by atoms with E-state index in [1.54, 1.807) is 0 Å². The Balaban J connectivity index is 0.00000553. The summed E-state index contributed by atoms with van der Waals surface area (Å²) in [7, 11) is 0. The van der Waals surface area contributed by atoms with Crippen LogP contribution in [0.3, 0.4) is 0 Å². The Morgan fingerprint density at radius 1 is 0.580 bits per heavy atom. The van der Waals surface area contributed by atoms with Gasteiger partial charge >= 0.3 is 0 Å². The molecule has 2 aliphatic rings. The third-order valence-corrected chi connectivity index (χ3v) is 13.7. The van der Waals surface area contributed by atoms with Crippen molar-refractivity contribution in [2.75, 3.05) is 9.80 Å². The number of aromatic nitrogens is 3. The predicted molar refractivity (Wildman–Crippen MR) is 284 cm³/mol. The minimum absolute atomic E-state index is 0. The molecule has 1 aliphatic carbocycles. The van der Waals surface area contributed by atoms with E-state index in [0.29, 0.717) is 11.8 Å². The topological polar surface area (TPSA) is 29.2 Å². The van der Waals surface area contributed by atoms with Gasteiger partial charge in [0.25, 0.3) is 0 Å². The second-order valence-electron chi connectivity index (χ2n) is 19.0. The monoisotopic (exact) mass is 1080 g/mol. The van der Waals surface area contributed by atoms with Crippen LogP contribution in [-0.4, -0.2) is 20.2 Å². The van der Waals surface area contributed by atoms with Crippen molar-refractivity contribution in [1.82, 2.24) is 14.1 Å². The molecule has 0 fully saturated rings. The summed E-state index contributed by atoms with van der Waals surface area (Å²) >= 11 is 0. The molecule has 344 valence electrons. The summed E-state index contributed by atoms with van der Waals surface area (Å²) < 4.78 is 4.61. The molecule has 0 N–H and O–H groups in total. The first-order valence-corrected chi connectivity index (χ1v) is 24.1. The molecule has 11 rings (SSSR count). The van der Waals surface area contributed by atoms with Crippen molar-refractivity contribution in [3.8, 4) is 39.1 Å². The average molecular weight is 1080 g/mol. The van der Waals surface area contributed by atoms with E-state index in [4.69, 9.17) is 4.98 Å². The Hall–Kier alpha value is -7.07. The van der Waals surface area contributed by atoms with E-state index in [9.17, 15) is 0 Å². The summed E-state index contributed by atoms with van der Waals surface area (Å²) in [6.07, 6.45) is 13.2. The van der Waals surface area contributed by atoms with E-state index in [1.807, 2.05) is 6.20 Å². The first-order chi connectivity index (χ1) is 33.2. The van der Waals surface area contributed by atoms with E-state index < -0.39 is 0 Å². The van der Waals surface area contributed by atoms with Gasteiger partial charge in [0, 0.05) is 56.2 Å². The van der Waals surface area contributed by atoms with Crippen LogP contribution in [0.2, 0.25) is 0 Å². The van der Waals surface area contributed by atoms with E-state index >= 15 is 0 Å². The molecule has 5 nitrogen and oxygen atoms in total. The molecule has 0 bridgehead atoms. The van der Waals surface area contributed by atoms with E-state index in [-0.39, 0.29) is 39.1 Å². The summed E-state index contributed by atoms with van der Waals surface area (Å²) in [5.41, 5.74) is 18.1. The largest absolute Gasteiger partial charge is 0.357 e. The van der Waals surface area contributed by atoms with Crippen molar-refractivity contribution >= 4 is 39.6 Å². The number of allylic oxidation sites excluding steroid dienone is 2. The zero-order valence-corrected chi connectivity index (χ0v) is 42.3. The molecular weight excluding hydrogens is 1020 g/mol. The maximum absolute atomic E-state index is 5.19. The van der Waals surface area contributed by atoms with E-state index in [0.717, 1.165) is 62.0 Å². The van der Waals surface area contributed by atoms with Crippen molar-refractivity contribution in [2.45, 2.75) is 71.4 Å². The number of para-hydroxylation sites is 3. The molecule has 0 amide bonds. The number of imidazole rings is 1. The molecule has 9 aromatic rings. The summed E-state index contributed by atoms with van der Waals surface area (Å²) in [6.45, 7) is 13.6. The van der Waals surface area contributed by atoms with Crippen LogP contribution in [-0.2, 0) is 21.1 Å². The van der Waals surface area contributed by atoms with Crippen molar-refractivity contribution in [1.29, 1.82) is 0 Å². The van der Waals surface area contributed by atoms with Gasteiger partial charge in [0.15, 0.2) is 17.4 Å². The molecule has 0 radical (unpaired) electrons. The molecule has 2 unspecified atom stereocenters. The molecular formula is C63H56N5Pt-. The van der Waals surface area contributed by atoms with Gasteiger partial charge in [-0.2, -0.15) is 12.1 Å². The van der Waals surface area contributed by atoms with E-state index in [2.05, 4.69) is 267 Å². The molecule has 2 aromatic heterocycles. The zero-order valence-electron chi connectivity index (χ0n) is 40.0. The standard InChI is InChI=1S/C63H56N5.Pt/c1-42(2)51-27-18-28-52(43(3)4)62(51)47-36-37-64-61(38-47)68-57-31-14-13-26-55(57)56-35-34-50(40-60(56)68)67(49-25-17-24-48(39-49)66-41-65(44(5)6)58-32-15-16-33-59(58)66)63-53(45-20-9-7-10-21-45)29-19-30-54(63)46-22-11-8-12-23-46;/h7-38,41-44,55,57H,1-6H3;/q-1;. The number of nitrogens with zero attached hydrogens (tertiary/aromatic N) is 5. The summed E-state index contributed by atoms with van der Waals surface area (Å²) in [5.74, 6) is 1.78. The van der Waals surface area contributed by atoms with Gasteiger partial charge in [-0.3, -0.25) is 0 Å². The third-order valence-electron chi connectivity index (χ3n) is 13.7. The second-order valence-corrected chi connectivity index (χ2v) is 19.0. The predicted octanol–water partition coefficient (Wildman–Crippen LogP) is 16.7. The zero-order chi connectivity index (χ0) is 46.5.